The van der Waals surface area contributed by atoms with Crippen molar-refractivity contribution in [1.29, 1.82) is 0 Å². The smallest absolute Gasteiger partial charge is 0.260 e. The molecule has 1 atom stereocenters. The summed E-state index contributed by atoms with van der Waals surface area (Å²) < 4.78 is 5.46. The lowest BCUT2D eigenvalue weighted by atomic mass is 10.1. The predicted octanol–water partition coefficient (Wildman–Crippen LogP) is 1.57. The van der Waals surface area contributed by atoms with Gasteiger partial charge < -0.3 is 9.64 Å². The van der Waals surface area contributed by atoms with Gasteiger partial charge in [-0.3, -0.25) is 9.78 Å². The summed E-state index contributed by atoms with van der Waals surface area (Å²) in [7, 11) is 0. The number of rotatable bonds is 4. The summed E-state index contributed by atoms with van der Waals surface area (Å²) in [5.74, 6) is 1.62. The van der Waals surface area contributed by atoms with Crippen LogP contribution in [-0.4, -0.2) is 45.5 Å². The van der Waals surface area contributed by atoms with Gasteiger partial charge in [0.2, 0.25) is 0 Å². The third kappa shape index (κ3) is 3.39. The Bertz CT molecular complexity index is 648. The number of aryl methyl sites for hydroxylation is 1. The first-order chi connectivity index (χ1) is 10.7. The van der Waals surface area contributed by atoms with E-state index < -0.39 is 0 Å². The number of nitrogens with zero attached hydrogens (tertiary/aromatic N) is 4. The van der Waals surface area contributed by atoms with Crippen molar-refractivity contribution in [3.05, 3.63) is 48.3 Å². The van der Waals surface area contributed by atoms with Crippen LogP contribution >= 0.6 is 0 Å². The molecule has 0 unspecified atom stereocenters. The van der Waals surface area contributed by atoms with Crippen molar-refractivity contribution in [2.24, 2.45) is 0 Å². The number of carbonyl (C=O) groups excluding carboxylic acids is 1. The van der Waals surface area contributed by atoms with Crippen molar-refractivity contribution in [2.75, 3.05) is 19.7 Å². The summed E-state index contributed by atoms with van der Waals surface area (Å²) in [4.78, 5) is 26.7. The van der Waals surface area contributed by atoms with Gasteiger partial charge in [-0.25, -0.2) is 9.97 Å². The van der Waals surface area contributed by atoms with Gasteiger partial charge in [0.1, 0.15) is 11.6 Å². The first-order valence-corrected chi connectivity index (χ1v) is 7.32. The lowest BCUT2D eigenvalue weighted by Crippen LogP contribution is -2.33. The van der Waals surface area contributed by atoms with Crippen molar-refractivity contribution in [3.63, 3.8) is 0 Å². The molecule has 1 saturated heterocycles. The zero-order valence-corrected chi connectivity index (χ0v) is 12.5. The highest BCUT2D eigenvalue weighted by Gasteiger charge is 2.29. The van der Waals surface area contributed by atoms with E-state index in [-0.39, 0.29) is 18.4 Å². The number of hydrogen-bond donors (Lipinski definition) is 0. The van der Waals surface area contributed by atoms with Gasteiger partial charge in [0.05, 0.1) is 6.20 Å². The molecule has 114 valence electrons. The van der Waals surface area contributed by atoms with Crippen LogP contribution in [0.1, 0.15) is 23.9 Å². The fourth-order valence-electron chi connectivity index (χ4n) is 2.53. The minimum Gasteiger partial charge on any atom is -0.482 e. The van der Waals surface area contributed by atoms with Gasteiger partial charge in [0.25, 0.3) is 5.91 Å². The molecule has 0 spiro atoms. The summed E-state index contributed by atoms with van der Waals surface area (Å²) in [6.45, 7) is 3.35. The van der Waals surface area contributed by atoms with Crippen LogP contribution in [0.4, 0.5) is 0 Å². The molecular formula is C16H18N4O2. The van der Waals surface area contributed by atoms with Crippen molar-refractivity contribution in [2.45, 2.75) is 19.3 Å². The monoisotopic (exact) mass is 298 g/mol. The van der Waals surface area contributed by atoms with Gasteiger partial charge in [-0.15, -0.1) is 0 Å². The molecule has 0 N–H and O–H groups in total. The Morgan fingerprint density at radius 1 is 1.41 bits per heavy atom. The number of likely N-dealkylation sites (tertiary alicyclic amines) is 1. The Kier molecular flexibility index (Phi) is 4.27. The van der Waals surface area contributed by atoms with Crippen LogP contribution in [-0.2, 0) is 4.79 Å². The van der Waals surface area contributed by atoms with Crippen LogP contribution in [0.5, 0.6) is 5.75 Å². The van der Waals surface area contributed by atoms with E-state index in [1.807, 2.05) is 17.9 Å². The standard InChI is InChI=1S/C16H18N4O2/c1-12-4-7-18-16(19-12)13-5-8-20(10-13)15(21)11-22-14-3-2-6-17-9-14/h2-4,6-7,9,13H,5,8,10-11H2,1H3/t13-/m1/s1. The molecule has 1 fully saturated rings. The average molecular weight is 298 g/mol. The molecule has 1 aliphatic rings. The average Bonchev–Trinajstić information content (AvgIpc) is 3.04. The Hall–Kier alpha value is -2.50. The van der Waals surface area contributed by atoms with Gasteiger partial charge in [0.15, 0.2) is 6.61 Å². The van der Waals surface area contributed by atoms with Crippen LogP contribution in [0.15, 0.2) is 36.8 Å². The molecular weight excluding hydrogens is 280 g/mol. The summed E-state index contributed by atoms with van der Waals surface area (Å²) in [6.07, 6.45) is 5.93. The van der Waals surface area contributed by atoms with Gasteiger partial charge >= 0.3 is 0 Å². The van der Waals surface area contributed by atoms with Gasteiger partial charge in [-0.05, 0) is 31.5 Å². The Balaban J connectivity index is 1.55. The first-order valence-electron chi connectivity index (χ1n) is 7.32. The highest BCUT2D eigenvalue weighted by atomic mass is 16.5. The molecule has 3 rings (SSSR count). The molecule has 0 aliphatic carbocycles. The number of pyridine rings is 1. The quantitative estimate of drug-likeness (QED) is 0.857. The van der Waals surface area contributed by atoms with E-state index >= 15 is 0 Å². The maximum atomic E-state index is 12.2. The van der Waals surface area contributed by atoms with Crippen LogP contribution in [0.3, 0.4) is 0 Å². The molecule has 2 aromatic heterocycles. The molecule has 0 saturated carbocycles. The third-order valence-electron chi connectivity index (χ3n) is 3.72. The predicted molar refractivity (Wildman–Crippen MR) is 80.4 cm³/mol. The summed E-state index contributed by atoms with van der Waals surface area (Å²) in [5, 5.41) is 0. The van der Waals surface area contributed by atoms with E-state index in [1.165, 1.54) is 0 Å². The zero-order valence-electron chi connectivity index (χ0n) is 12.5. The van der Waals surface area contributed by atoms with Gasteiger partial charge in [-0.2, -0.15) is 0 Å². The van der Waals surface area contributed by atoms with E-state index in [4.69, 9.17) is 4.74 Å². The Labute approximate surface area is 129 Å². The molecule has 0 aromatic carbocycles. The van der Waals surface area contributed by atoms with Gasteiger partial charge in [-0.1, -0.05) is 0 Å². The number of carbonyl (C=O) groups is 1. The molecule has 3 heterocycles. The topological polar surface area (TPSA) is 68.2 Å². The fourth-order valence-corrected chi connectivity index (χ4v) is 2.53. The molecule has 6 heteroatoms. The lowest BCUT2D eigenvalue weighted by Gasteiger charge is -2.16. The molecule has 6 nitrogen and oxygen atoms in total. The molecule has 1 aliphatic heterocycles. The third-order valence-corrected chi connectivity index (χ3v) is 3.72. The molecule has 1 amide bonds. The first kappa shape index (κ1) is 14.4. The molecule has 0 bridgehead atoms. The number of ether oxygens (including phenoxy) is 1. The summed E-state index contributed by atoms with van der Waals surface area (Å²) in [5.41, 5.74) is 0.953. The minimum absolute atomic E-state index is 0.0148. The van der Waals surface area contributed by atoms with Crippen LogP contribution < -0.4 is 4.74 Å². The zero-order chi connectivity index (χ0) is 15.4. The molecule has 2 aromatic rings. The van der Waals surface area contributed by atoms with Gasteiger partial charge in [0, 0.05) is 37.1 Å². The summed E-state index contributed by atoms with van der Waals surface area (Å²) in [6, 6.07) is 5.44. The van der Waals surface area contributed by atoms with E-state index in [2.05, 4.69) is 15.0 Å². The second kappa shape index (κ2) is 6.51. The van der Waals surface area contributed by atoms with Crippen molar-refractivity contribution < 1.29 is 9.53 Å². The second-order valence-electron chi connectivity index (χ2n) is 5.36. The van der Waals surface area contributed by atoms with Crippen LogP contribution in [0.25, 0.3) is 0 Å². The van der Waals surface area contributed by atoms with E-state index in [1.54, 1.807) is 30.7 Å². The minimum atomic E-state index is -0.0148. The van der Waals surface area contributed by atoms with E-state index in [0.717, 1.165) is 24.5 Å². The number of amides is 1. The van der Waals surface area contributed by atoms with E-state index in [9.17, 15) is 4.79 Å². The highest BCUT2D eigenvalue weighted by molar-refractivity contribution is 5.78. The maximum Gasteiger partial charge on any atom is 0.260 e. The Morgan fingerprint density at radius 2 is 2.32 bits per heavy atom. The highest BCUT2D eigenvalue weighted by Crippen LogP contribution is 2.24. The largest absolute Gasteiger partial charge is 0.482 e. The van der Waals surface area contributed by atoms with Crippen molar-refractivity contribution in [1.82, 2.24) is 19.9 Å². The second-order valence-corrected chi connectivity index (χ2v) is 5.36. The number of aromatic nitrogens is 3. The lowest BCUT2D eigenvalue weighted by molar-refractivity contribution is -0.132. The van der Waals surface area contributed by atoms with Crippen LogP contribution in [0, 0.1) is 6.92 Å². The van der Waals surface area contributed by atoms with E-state index in [0.29, 0.717) is 12.3 Å². The maximum absolute atomic E-state index is 12.2. The Morgan fingerprint density at radius 3 is 3.09 bits per heavy atom. The summed E-state index contributed by atoms with van der Waals surface area (Å²) >= 11 is 0. The van der Waals surface area contributed by atoms with Crippen LogP contribution in [0.2, 0.25) is 0 Å². The molecule has 0 radical (unpaired) electrons. The van der Waals surface area contributed by atoms with Crippen molar-refractivity contribution >= 4 is 5.91 Å². The fraction of sp³-hybridized carbons (Fsp3) is 0.375. The van der Waals surface area contributed by atoms with Crippen molar-refractivity contribution in [3.8, 4) is 5.75 Å². The SMILES string of the molecule is Cc1ccnc([C@@H]2CCN(C(=O)COc3cccnc3)C2)n1. The molecule has 22 heavy (non-hydrogen) atoms. The normalized spacial score (nSPS) is 17.5. The number of hydrogen-bond acceptors (Lipinski definition) is 5.